The van der Waals surface area contributed by atoms with Crippen LogP contribution in [0.15, 0.2) is 6.20 Å². The minimum absolute atomic E-state index is 0.461. The molecule has 2 fully saturated rings. The highest BCUT2D eigenvalue weighted by molar-refractivity contribution is 5.28. The van der Waals surface area contributed by atoms with E-state index in [1.807, 2.05) is 6.20 Å². The van der Waals surface area contributed by atoms with E-state index in [-0.39, 0.29) is 0 Å². The smallest absolute Gasteiger partial charge is 0.141 e. The van der Waals surface area contributed by atoms with Gasteiger partial charge in [-0.2, -0.15) is 0 Å². The third kappa shape index (κ3) is 1.53. The number of ether oxygens (including phenoxy) is 1. The molecule has 4 heteroatoms. The monoisotopic (exact) mass is 207 g/mol. The Morgan fingerprint density at radius 1 is 1.40 bits per heavy atom. The summed E-state index contributed by atoms with van der Waals surface area (Å²) in [5.74, 6) is 2.27. The summed E-state index contributed by atoms with van der Waals surface area (Å²) in [6.07, 6.45) is 6.97. The molecule has 1 saturated carbocycles. The number of hydrogen-bond acceptors (Lipinski definition) is 3. The zero-order valence-corrected chi connectivity index (χ0v) is 8.85. The van der Waals surface area contributed by atoms with Crippen LogP contribution in [-0.2, 0) is 4.74 Å². The van der Waals surface area contributed by atoms with E-state index in [1.54, 1.807) is 0 Å². The average Bonchev–Trinajstić information content (AvgIpc) is 2.70. The van der Waals surface area contributed by atoms with E-state index in [4.69, 9.17) is 10.5 Å². The van der Waals surface area contributed by atoms with Crippen molar-refractivity contribution in [3.8, 4) is 0 Å². The quantitative estimate of drug-likeness (QED) is 0.803. The topological polar surface area (TPSA) is 53.1 Å². The average molecular weight is 207 g/mol. The van der Waals surface area contributed by atoms with Crippen LogP contribution in [0.3, 0.4) is 0 Å². The standard InChI is InChI=1S/C11H17N3O/c12-10-6-14(9-2-1-3-9)11(13-10)8-4-5-15-7-8/h6,8-9H,1-5,7,12H2. The molecule has 4 nitrogen and oxygen atoms in total. The molecule has 2 heterocycles. The Morgan fingerprint density at radius 2 is 2.27 bits per heavy atom. The van der Waals surface area contributed by atoms with E-state index in [0.717, 1.165) is 25.5 Å². The molecule has 15 heavy (non-hydrogen) atoms. The predicted molar refractivity (Wildman–Crippen MR) is 57.7 cm³/mol. The van der Waals surface area contributed by atoms with Crippen LogP contribution in [0.5, 0.6) is 0 Å². The summed E-state index contributed by atoms with van der Waals surface area (Å²) in [5.41, 5.74) is 5.79. The Balaban J connectivity index is 1.90. The summed E-state index contributed by atoms with van der Waals surface area (Å²) in [6.45, 7) is 1.67. The molecular formula is C11H17N3O. The van der Waals surface area contributed by atoms with Gasteiger partial charge in [0, 0.05) is 24.8 Å². The SMILES string of the molecule is Nc1cn(C2CCC2)c(C2CCOC2)n1. The van der Waals surface area contributed by atoms with E-state index in [2.05, 4.69) is 9.55 Å². The lowest BCUT2D eigenvalue weighted by atomic mass is 9.92. The second kappa shape index (κ2) is 3.52. The Hall–Kier alpha value is -1.03. The number of rotatable bonds is 2. The van der Waals surface area contributed by atoms with Gasteiger partial charge in [-0.3, -0.25) is 0 Å². The molecule has 1 aliphatic carbocycles. The van der Waals surface area contributed by atoms with Crippen molar-refractivity contribution in [2.24, 2.45) is 0 Å². The summed E-state index contributed by atoms with van der Waals surface area (Å²) in [7, 11) is 0. The van der Waals surface area contributed by atoms with Crippen molar-refractivity contribution in [1.29, 1.82) is 0 Å². The molecule has 2 aliphatic rings. The molecule has 0 bridgehead atoms. The first kappa shape index (κ1) is 9.21. The number of aromatic nitrogens is 2. The zero-order chi connectivity index (χ0) is 10.3. The third-order valence-electron chi connectivity index (χ3n) is 3.54. The van der Waals surface area contributed by atoms with Gasteiger partial charge in [-0.25, -0.2) is 4.98 Å². The van der Waals surface area contributed by atoms with Gasteiger partial charge in [-0.15, -0.1) is 0 Å². The van der Waals surface area contributed by atoms with Gasteiger partial charge in [0.15, 0.2) is 0 Å². The Labute approximate surface area is 89.4 Å². The van der Waals surface area contributed by atoms with E-state index in [9.17, 15) is 0 Å². The zero-order valence-electron chi connectivity index (χ0n) is 8.85. The van der Waals surface area contributed by atoms with Gasteiger partial charge in [0.2, 0.25) is 0 Å². The first-order valence-corrected chi connectivity index (χ1v) is 5.76. The van der Waals surface area contributed by atoms with Gasteiger partial charge in [0.05, 0.1) is 6.61 Å². The second-order valence-corrected chi connectivity index (χ2v) is 4.58. The molecule has 1 atom stereocenters. The summed E-state index contributed by atoms with van der Waals surface area (Å²) in [6, 6.07) is 0.644. The number of hydrogen-bond donors (Lipinski definition) is 1. The lowest BCUT2D eigenvalue weighted by Crippen LogP contribution is -2.20. The van der Waals surface area contributed by atoms with E-state index in [0.29, 0.717) is 17.8 Å². The number of nitrogen functional groups attached to an aromatic ring is 1. The van der Waals surface area contributed by atoms with Gasteiger partial charge >= 0.3 is 0 Å². The van der Waals surface area contributed by atoms with E-state index < -0.39 is 0 Å². The van der Waals surface area contributed by atoms with Crippen LogP contribution in [0.4, 0.5) is 5.82 Å². The highest BCUT2D eigenvalue weighted by Crippen LogP contribution is 2.36. The van der Waals surface area contributed by atoms with Crippen molar-refractivity contribution in [3.05, 3.63) is 12.0 Å². The Kier molecular flexibility index (Phi) is 2.16. The van der Waals surface area contributed by atoms with Crippen LogP contribution < -0.4 is 5.73 Å². The number of nitrogens with two attached hydrogens (primary N) is 1. The molecule has 2 N–H and O–H groups in total. The minimum atomic E-state index is 0.461. The Bertz CT molecular complexity index is 351. The van der Waals surface area contributed by atoms with Crippen LogP contribution in [0.25, 0.3) is 0 Å². The van der Waals surface area contributed by atoms with Crippen molar-refractivity contribution >= 4 is 5.82 Å². The van der Waals surface area contributed by atoms with E-state index >= 15 is 0 Å². The maximum Gasteiger partial charge on any atom is 0.141 e. The molecule has 1 unspecified atom stereocenters. The number of nitrogens with zero attached hydrogens (tertiary/aromatic N) is 2. The van der Waals surface area contributed by atoms with Gasteiger partial charge < -0.3 is 15.0 Å². The fourth-order valence-corrected chi connectivity index (χ4v) is 2.43. The molecule has 1 aliphatic heterocycles. The number of anilines is 1. The largest absolute Gasteiger partial charge is 0.382 e. The first-order valence-electron chi connectivity index (χ1n) is 5.76. The van der Waals surface area contributed by atoms with Crippen LogP contribution >= 0.6 is 0 Å². The molecule has 1 aromatic rings. The second-order valence-electron chi connectivity index (χ2n) is 4.58. The molecule has 0 amide bonds. The van der Waals surface area contributed by atoms with Gasteiger partial charge in [0.25, 0.3) is 0 Å². The lowest BCUT2D eigenvalue weighted by Gasteiger charge is -2.29. The molecule has 0 radical (unpaired) electrons. The maximum atomic E-state index is 5.79. The van der Waals surface area contributed by atoms with Gasteiger partial charge in [-0.05, 0) is 25.7 Å². The molecule has 0 spiro atoms. The molecule has 82 valence electrons. The van der Waals surface area contributed by atoms with Gasteiger partial charge in [-0.1, -0.05) is 0 Å². The van der Waals surface area contributed by atoms with E-state index in [1.165, 1.54) is 19.3 Å². The summed E-state index contributed by atoms with van der Waals surface area (Å²) >= 11 is 0. The van der Waals surface area contributed by atoms with Crippen molar-refractivity contribution < 1.29 is 4.74 Å². The van der Waals surface area contributed by atoms with Crippen LogP contribution in [0.2, 0.25) is 0 Å². The highest BCUT2D eigenvalue weighted by atomic mass is 16.5. The summed E-state index contributed by atoms with van der Waals surface area (Å²) in [5, 5.41) is 0. The maximum absolute atomic E-state index is 5.79. The Morgan fingerprint density at radius 3 is 2.87 bits per heavy atom. The summed E-state index contributed by atoms with van der Waals surface area (Å²) < 4.78 is 7.70. The molecule has 1 saturated heterocycles. The molecule has 1 aromatic heterocycles. The molecular weight excluding hydrogens is 190 g/mol. The highest BCUT2D eigenvalue weighted by Gasteiger charge is 2.28. The fraction of sp³-hybridized carbons (Fsp3) is 0.727. The van der Waals surface area contributed by atoms with Crippen LogP contribution in [-0.4, -0.2) is 22.8 Å². The van der Waals surface area contributed by atoms with Gasteiger partial charge in [0.1, 0.15) is 11.6 Å². The fourth-order valence-electron chi connectivity index (χ4n) is 2.43. The third-order valence-corrected chi connectivity index (χ3v) is 3.54. The van der Waals surface area contributed by atoms with Crippen LogP contribution in [0.1, 0.15) is 43.5 Å². The van der Waals surface area contributed by atoms with Crippen LogP contribution in [0, 0.1) is 0 Å². The van der Waals surface area contributed by atoms with Crippen molar-refractivity contribution in [3.63, 3.8) is 0 Å². The van der Waals surface area contributed by atoms with Crippen molar-refractivity contribution in [2.45, 2.75) is 37.6 Å². The normalized spacial score (nSPS) is 26.8. The van der Waals surface area contributed by atoms with Crippen molar-refractivity contribution in [2.75, 3.05) is 18.9 Å². The van der Waals surface area contributed by atoms with Crippen molar-refractivity contribution in [1.82, 2.24) is 9.55 Å². The number of imidazole rings is 1. The minimum Gasteiger partial charge on any atom is -0.382 e. The summed E-state index contributed by atoms with van der Waals surface area (Å²) in [4.78, 5) is 4.46. The predicted octanol–water partition coefficient (Wildman–Crippen LogP) is 1.69. The first-order chi connectivity index (χ1) is 7.34. The lowest BCUT2D eigenvalue weighted by molar-refractivity contribution is 0.191. The molecule has 3 rings (SSSR count). The molecule has 0 aromatic carbocycles.